The minimum Gasteiger partial charge on any atom is -0.395 e. The highest BCUT2D eigenvalue weighted by Gasteiger charge is 2.54. The molecule has 0 atom stereocenters. The van der Waals surface area contributed by atoms with E-state index in [1.165, 1.54) is 11.1 Å². The van der Waals surface area contributed by atoms with Crippen LogP contribution in [0.5, 0.6) is 0 Å². The van der Waals surface area contributed by atoms with E-state index < -0.39 is 46.5 Å². The van der Waals surface area contributed by atoms with Crippen LogP contribution >= 0.6 is 15.6 Å². The lowest BCUT2D eigenvalue weighted by molar-refractivity contribution is -0.135. The first-order valence-corrected chi connectivity index (χ1v) is 25.1. The van der Waals surface area contributed by atoms with Gasteiger partial charge in [0.15, 0.2) is 0 Å². The zero-order chi connectivity index (χ0) is 48.8. The summed E-state index contributed by atoms with van der Waals surface area (Å²) in [6.45, 7) is 15.4. The van der Waals surface area contributed by atoms with Crippen LogP contribution in [0.4, 0.5) is 0 Å². The minimum atomic E-state index is -5.05. The Bertz CT molecular complexity index is 2510. The average Bonchev–Trinajstić information content (AvgIpc) is 3.28. The predicted octanol–water partition coefficient (Wildman–Crippen LogP) is 11.2. The van der Waals surface area contributed by atoms with Crippen molar-refractivity contribution in [1.29, 1.82) is 0 Å². The molecule has 6 aromatic rings. The van der Waals surface area contributed by atoms with E-state index in [4.69, 9.17) is 19.6 Å². The summed E-state index contributed by atoms with van der Waals surface area (Å²) >= 11 is 0. The fourth-order valence-electron chi connectivity index (χ4n) is 8.87. The molecule has 352 valence electrons. The van der Waals surface area contributed by atoms with Crippen LogP contribution in [0.1, 0.15) is 112 Å². The number of aliphatic hydroxyl groups excluding tert-OH is 3. The highest BCUT2D eigenvalue weighted by molar-refractivity contribution is 7.60. The van der Waals surface area contributed by atoms with Crippen LogP contribution in [-0.2, 0) is 19.0 Å². The van der Waals surface area contributed by atoms with E-state index in [1.54, 1.807) is 0 Å². The highest BCUT2D eigenvalue weighted by Crippen LogP contribution is 2.55. The van der Waals surface area contributed by atoms with Gasteiger partial charge in [-0.25, -0.2) is 9.13 Å². The molecule has 0 heterocycles. The van der Waals surface area contributed by atoms with Crippen LogP contribution in [0.2, 0.25) is 0 Å². The molecule has 0 saturated heterocycles. The van der Waals surface area contributed by atoms with Gasteiger partial charge in [0.25, 0.3) is 0 Å². The van der Waals surface area contributed by atoms with Gasteiger partial charge in [-0.2, -0.15) is 4.31 Å². The fraction of sp³-hybridized carbons (Fsp3) is 0.321. The maximum absolute atomic E-state index is 14.1. The molecule has 8 N–H and O–H groups in total. The van der Waals surface area contributed by atoms with Crippen molar-refractivity contribution >= 4 is 15.6 Å². The summed E-state index contributed by atoms with van der Waals surface area (Å²) < 4.78 is 22.2. The number of rotatable bonds is 16. The van der Waals surface area contributed by atoms with E-state index in [0.717, 1.165) is 55.6 Å². The summed E-state index contributed by atoms with van der Waals surface area (Å²) in [6.07, 6.45) is 0. The van der Waals surface area contributed by atoms with Gasteiger partial charge < -0.3 is 40.0 Å². The van der Waals surface area contributed by atoms with Crippen molar-refractivity contribution in [3.8, 4) is 44.5 Å². The molecule has 0 bridgehead atoms. The van der Waals surface area contributed by atoms with Crippen molar-refractivity contribution in [2.45, 2.75) is 84.7 Å². The summed E-state index contributed by atoms with van der Waals surface area (Å²) in [6, 6.07) is 45.7. The fourth-order valence-corrected chi connectivity index (χ4v) is 9.98. The Kier molecular flexibility index (Phi) is 17.1. The van der Waals surface area contributed by atoms with E-state index in [9.17, 15) is 29.6 Å². The maximum atomic E-state index is 14.1. The Morgan fingerprint density at radius 1 is 0.424 bits per heavy atom. The Balaban J connectivity index is 0.000000820. The number of phosphoric acid groups is 2. The van der Waals surface area contributed by atoms with Gasteiger partial charge in [-0.15, -0.1) is 0 Å². The second kappa shape index (κ2) is 21.6. The molecule has 0 aromatic heterocycles. The highest BCUT2D eigenvalue weighted by atomic mass is 31.3. The lowest BCUT2D eigenvalue weighted by Crippen LogP contribution is -2.54. The number of hydrogen-bond acceptors (Lipinski definition) is 7. The molecule has 0 aliphatic carbocycles. The first kappa shape index (κ1) is 52.4. The van der Waals surface area contributed by atoms with E-state index in [1.807, 2.05) is 48.5 Å². The van der Waals surface area contributed by atoms with E-state index in [0.29, 0.717) is 11.1 Å². The first-order valence-electron chi connectivity index (χ1n) is 22.1. The second-order valence-corrected chi connectivity index (χ2v) is 20.6. The molecule has 0 unspecified atom stereocenters. The third kappa shape index (κ3) is 11.4. The molecule has 0 aliphatic heterocycles. The predicted molar refractivity (Wildman–Crippen MR) is 263 cm³/mol. The lowest BCUT2D eigenvalue weighted by atomic mass is 9.62. The van der Waals surface area contributed by atoms with E-state index in [-0.39, 0.29) is 23.7 Å². The van der Waals surface area contributed by atoms with Crippen molar-refractivity contribution in [2.75, 3.05) is 19.8 Å². The third-order valence-corrected chi connectivity index (χ3v) is 13.9. The number of hydrogen-bond donors (Lipinski definition) is 8. The zero-order valence-corrected chi connectivity index (χ0v) is 40.6. The smallest absolute Gasteiger partial charge is 0.395 e. The van der Waals surface area contributed by atoms with Crippen LogP contribution in [-0.4, -0.2) is 59.8 Å². The molecule has 0 fully saturated rings. The van der Waals surface area contributed by atoms with Gasteiger partial charge >= 0.3 is 15.6 Å². The number of benzene rings is 6. The average molecular weight is 939 g/mol. The van der Waals surface area contributed by atoms with E-state index >= 15 is 0 Å². The van der Waals surface area contributed by atoms with Gasteiger partial charge in [0.05, 0.1) is 25.2 Å². The topological polar surface area (TPSA) is 205 Å². The van der Waals surface area contributed by atoms with Crippen molar-refractivity contribution in [2.24, 2.45) is 5.41 Å². The molecule has 0 saturated carbocycles. The SMILES string of the molecule is CC(C)c1ccccc1-c1ccc(C(O)(c2ccc(-c3ccccc3C(C)C)cc2-c2ccccc2C(C)C)C(CO)(CO)CO)c(-c2ccccc2C(C)C)c1.O=P(O)(O)OP(=O)(O)O. The molecular weight excluding hydrogens is 875 g/mol. The Hall–Kier alpha value is -4.58. The molecule has 0 radical (unpaired) electrons. The third-order valence-electron chi connectivity index (χ3n) is 12.2. The molecule has 11 nitrogen and oxygen atoms in total. The molecule has 0 spiro atoms. The van der Waals surface area contributed by atoms with Gasteiger partial charge in [0.2, 0.25) is 0 Å². The van der Waals surface area contributed by atoms with Crippen molar-refractivity contribution < 1.29 is 53.4 Å². The van der Waals surface area contributed by atoms with Crippen LogP contribution in [0.25, 0.3) is 44.5 Å². The van der Waals surface area contributed by atoms with Crippen molar-refractivity contribution in [3.05, 3.63) is 167 Å². The Labute approximate surface area is 388 Å². The molecule has 66 heavy (non-hydrogen) atoms. The normalized spacial score (nSPS) is 12.5. The van der Waals surface area contributed by atoms with Crippen LogP contribution in [0.3, 0.4) is 0 Å². The summed E-state index contributed by atoms with van der Waals surface area (Å²) in [5.74, 6) is 0.859. The minimum absolute atomic E-state index is 0.154. The molecule has 0 amide bonds. The lowest BCUT2D eigenvalue weighted by Gasteiger charge is -2.47. The van der Waals surface area contributed by atoms with Crippen LogP contribution in [0, 0.1) is 5.41 Å². The van der Waals surface area contributed by atoms with Crippen LogP contribution < -0.4 is 0 Å². The molecule has 0 aliphatic rings. The second-order valence-electron chi connectivity index (χ2n) is 18.0. The Morgan fingerprint density at radius 3 is 0.955 bits per heavy atom. The summed E-state index contributed by atoms with van der Waals surface area (Å²) in [5.41, 5.74) is 9.34. The van der Waals surface area contributed by atoms with Gasteiger partial charge in [-0.3, -0.25) is 0 Å². The largest absolute Gasteiger partial charge is 0.478 e. The molecular formula is C53H64O11P2. The van der Waals surface area contributed by atoms with E-state index in [2.05, 4.69) is 145 Å². The molecule has 6 aromatic carbocycles. The summed E-state index contributed by atoms with van der Waals surface area (Å²) in [7, 11) is -10.1. The Morgan fingerprint density at radius 2 is 0.697 bits per heavy atom. The monoisotopic (exact) mass is 938 g/mol. The van der Waals surface area contributed by atoms with Crippen LogP contribution in [0.15, 0.2) is 133 Å². The summed E-state index contributed by atoms with van der Waals surface area (Å²) in [5, 5.41) is 48.4. The standard InChI is InChI=1S/C53H60O4.H4O7P2/c1-34(2)40-17-9-13-21-44(40)38-25-27-50(48(29-38)46-23-15-11-19-42(46)36(5)6)53(57,52(31-54,32-55)33-56)51-28-26-39(45-22-14-10-18-41(45)35(3)4)30-49(51)47-24-16-12-20-43(47)37(7)8;1-8(2,3)7-9(4,5)6/h9-30,34-37,54-57H,31-33H2,1-8H3;(H2,1,2,3)(H2,4,5,6). The van der Waals surface area contributed by atoms with Gasteiger partial charge in [-0.05, 0) is 114 Å². The molecule has 6 rings (SSSR count). The van der Waals surface area contributed by atoms with Gasteiger partial charge in [0, 0.05) is 0 Å². The van der Waals surface area contributed by atoms with Gasteiger partial charge in [-0.1, -0.05) is 177 Å². The first-order chi connectivity index (χ1) is 31.0. The van der Waals surface area contributed by atoms with Crippen molar-refractivity contribution in [3.63, 3.8) is 0 Å². The number of aliphatic hydroxyl groups is 4. The maximum Gasteiger partial charge on any atom is 0.478 e. The molecule has 13 heteroatoms. The quantitative estimate of drug-likeness (QED) is 0.0429. The van der Waals surface area contributed by atoms with Gasteiger partial charge in [0.1, 0.15) is 5.60 Å². The zero-order valence-electron chi connectivity index (χ0n) is 38.8. The summed E-state index contributed by atoms with van der Waals surface area (Å²) in [4.78, 5) is 31.0. The van der Waals surface area contributed by atoms with Crippen molar-refractivity contribution in [1.82, 2.24) is 0 Å².